The van der Waals surface area contributed by atoms with E-state index in [2.05, 4.69) is 10.3 Å². The molecule has 0 aliphatic carbocycles. The lowest BCUT2D eigenvalue weighted by Crippen LogP contribution is -2.27. The Labute approximate surface area is 138 Å². The van der Waals surface area contributed by atoms with Crippen LogP contribution in [0, 0.1) is 0 Å². The number of aromatic nitrogens is 1. The molecule has 2 aromatic heterocycles. The smallest absolute Gasteiger partial charge is 0.261 e. The monoisotopic (exact) mass is 324 g/mol. The van der Waals surface area contributed by atoms with Crippen molar-refractivity contribution in [1.82, 2.24) is 10.3 Å². The Hall–Kier alpha value is -2.66. The molecule has 0 aliphatic heterocycles. The molecule has 3 aromatic rings. The van der Waals surface area contributed by atoms with Crippen LogP contribution in [-0.4, -0.2) is 24.0 Å². The fourth-order valence-corrected chi connectivity index (χ4v) is 3.00. The second kappa shape index (κ2) is 7.56. The molecule has 0 atom stereocenters. The summed E-state index contributed by atoms with van der Waals surface area (Å²) in [5, 5.41) is 2.87. The van der Waals surface area contributed by atoms with Gasteiger partial charge in [0.25, 0.3) is 5.91 Å². The zero-order valence-corrected chi connectivity index (χ0v) is 13.3. The number of para-hydroxylation sites is 1. The van der Waals surface area contributed by atoms with E-state index < -0.39 is 0 Å². The third-order valence-corrected chi connectivity index (χ3v) is 4.33. The first-order valence-corrected chi connectivity index (χ1v) is 8.11. The molecule has 23 heavy (non-hydrogen) atoms. The SMILES string of the molecule is O=C(NCCOc1ccccc1)c1ccc(-c2ccncc2)s1. The molecule has 2 heterocycles. The molecule has 1 amide bonds. The van der Waals surface area contributed by atoms with Crippen LogP contribution >= 0.6 is 11.3 Å². The van der Waals surface area contributed by atoms with Gasteiger partial charge in [0.1, 0.15) is 12.4 Å². The predicted molar refractivity (Wildman–Crippen MR) is 91.8 cm³/mol. The molecule has 3 rings (SSSR count). The number of benzene rings is 1. The van der Waals surface area contributed by atoms with E-state index in [0.717, 1.165) is 16.2 Å². The van der Waals surface area contributed by atoms with Crippen molar-refractivity contribution in [3.8, 4) is 16.2 Å². The fraction of sp³-hybridized carbons (Fsp3) is 0.111. The summed E-state index contributed by atoms with van der Waals surface area (Å²) < 4.78 is 5.55. The van der Waals surface area contributed by atoms with Crippen LogP contribution in [0.3, 0.4) is 0 Å². The second-order valence-electron chi connectivity index (χ2n) is 4.82. The van der Waals surface area contributed by atoms with Gasteiger partial charge in [0, 0.05) is 17.3 Å². The van der Waals surface area contributed by atoms with Gasteiger partial charge in [0.05, 0.1) is 11.4 Å². The van der Waals surface area contributed by atoms with Gasteiger partial charge in [-0.1, -0.05) is 18.2 Å². The molecular weight excluding hydrogens is 308 g/mol. The minimum Gasteiger partial charge on any atom is -0.492 e. The van der Waals surface area contributed by atoms with E-state index in [0.29, 0.717) is 18.0 Å². The van der Waals surface area contributed by atoms with Crippen LogP contribution in [0.2, 0.25) is 0 Å². The van der Waals surface area contributed by atoms with E-state index in [1.165, 1.54) is 11.3 Å². The van der Waals surface area contributed by atoms with Crippen LogP contribution in [0.15, 0.2) is 67.0 Å². The number of nitrogens with zero attached hydrogens (tertiary/aromatic N) is 1. The maximum Gasteiger partial charge on any atom is 0.261 e. The van der Waals surface area contributed by atoms with E-state index in [-0.39, 0.29) is 5.91 Å². The van der Waals surface area contributed by atoms with Crippen molar-refractivity contribution in [3.63, 3.8) is 0 Å². The molecule has 1 aromatic carbocycles. The molecule has 0 saturated carbocycles. The highest BCUT2D eigenvalue weighted by Gasteiger charge is 2.09. The van der Waals surface area contributed by atoms with Crippen molar-refractivity contribution in [2.24, 2.45) is 0 Å². The number of hydrogen-bond acceptors (Lipinski definition) is 4. The standard InChI is InChI=1S/C18H16N2O2S/c21-18(20-12-13-22-15-4-2-1-3-5-15)17-7-6-16(23-17)14-8-10-19-11-9-14/h1-11H,12-13H2,(H,20,21). The summed E-state index contributed by atoms with van der Waals surface area (Å²) in [6.45, 7) is 0.911. The summed E-state index contributed by atoms with van der Waals surface area (Å²) in [6.07, 6.45) is 3.49. The van der Waals surface area contributed by atoms with Gasteiger partial charge < -0.3 is 10.1 Å². The first-order chi connectivity index (χ1) is 11.3. The van der Waals surface area contributed by atoms with Crippen LogP contribution < -0.4 is 10.1 Å². The number of pyridine rings is 1. The lowest BCUT2D eigenvalue weighted by atomic mass is 10.2. The minimum atomic E-state index is -0.0769. The topological polar surface area (TPSA) is 51.2 Å². The summed E-state index contributed by atoms with van der Waals surface area (Å²) >= 11 is 1.47. The molecule has 0 unspecified atom stereocenters. The maximum atomic E-state index is 12.1. The third kappa shape index (κ3) is 4.17. The molecule has 0 spiro atoms. The summed E-state index contributed by atoms with van der Waals surface area (Å²) in [5.41, 5.74) is 1.07. The number of nitrogens with one attached hydrogen (secondary N) is 1. The quantitative estimate of drug-likeness (QED) is 0.705. The van der Waals surface area contributed by atoms with Gasteiger partial charge in [-0.25, -0.2) is 0 Å². The number of ether oxygens (including phenoxy) is 1. The Balaban J connectivity index is 1.50. The third-order valence-electron chi connectivity index (χ3n) is 3.19. The van der Waals surface area contributed by atoms with Crippen LogP contribution in [0.25, 0.3) is 10.4 Å². The summed E-state index contributed by atoms with van der Waals surface area (Å²) in [7, 11) is 0. The molecule has 0 aliphatic rings. The number of hydrogen-bond donors (Lipinski definition) is 1. The van der Waals surface area contributed by atoms with Crippen molar-refractivity contribution in [2.75, 3.05) is 13.2 Å². The number of carbonyl (C=O) groups excluding carboxylic acids is 1. The van der Waals surface area contributed by atoms with Gasteiger partial charge in [-0.05, 0) is 42.0 Å². The van der Waals surface area contributed by atoms with E-state index in [1.54, 1.807) is 12.4 Å². The zero-order chi connectivity index (χ0) is 15.9. The van der Waals surface area contributed by atoms with Crippen LogP contribution in [0.5, 0.6) is 5.75 Å². The first kappa shape index (κ1) is 15.2. The van der Waals surface area contributed by atoms with Gasteiger partial charge in [0.2, 0.25) is 0 Å². The Morgan fingerprint density at radius 3 is 2.61 bits per heavy atom. The molecule has 0 fully saturated rings. The van der Waals surface area contributed by atoms with Gasteiger partial charge in [0.15, 0.2) is 0 Å². The number of rotatable bonds is 6. The highest BCUT2D eigenvalue weighted by molar-refractivity contribution is 7.17. The van der Waals surface area contributed by atoms with Crippen LogP contribution in [0.4, 0.5) is 0 Å². The number of carbonyl (C=O) groups is 1. The number of amides is 1. The Morgan fingerprint density at radius 1 is 1.04 bits per heavy atom. The van der Waals surface area contributed by atoms with Gasteiger partial charge in [-0.15, -0.1) is 11.3 Å². The molecule has 1 N–H and O–H groups in total. The van der Waals surface area contributed by atoms with E-state index in [9.17, 15) is 4.79 Å². The fourth-order valence-electron chi connectivity index (χ4n) is 2.07. The lowest BCUT2D eigenvalue weighted by molar-refractivity contribution is 0.0951. The maximum absolute atomic E-state index is 12.1. The average Bonchev–Trinajstić information content (AvgIpc) is 3.10. The molecule has 0 bridgehead atoms. The second-order valence-corrected chi connectivity index (χ2v) is 5.90. The summed E-state index contributed by atoms with van der Waals surface area (Å²) in [4.78, 5) is 17.9. The molecular formula is C18H16N2O2S. The van der Waals surface area contributed by atoms with Crippen molar-refractivity contribution in [2.45, 2.75) is 0 Å². The molecule has 116 valence electrons. The molecule has 4 nitrogen and oxygen atoms in total. The largest absolute Gasteiger partial charge is 0.492 e. The lowest BCUT2D eigenvalue weighted by Gasteiger charge is -2.06. The first-order valence-electron chi connectivity index (χ1n) is 7.29. The summed E-state index contributed by atoms with van der Waals surface area (Å²) in [5.74, 6) is 0.727. The summed E-state index contributed by atoms with van der Waals surface area (Å²) in [6, 6.07) is 17.2. The zero-order valence-electron chi connectivity index (χ0n) is 12.4. The van der Waals surface area contributed by atoms with Crippen molar-refractivity contribution in [3.05, 3.63) is 71.9 Å². The van der Waals surface area contributed by atoms with Crippen LogP contribution in [0.1, 0.15) is 9.67 Å². The highest BCUT2D eigenvalue weighted by atomic mass is 32.1. The van der Waals surface area contributed by atoms with Crippen molar-refractivity contribution >= 4 is 17.2 Å². The van der Waals surface area contributed by atoms with E-state index >= 15 is 0 Å². The van der Waals surface area contributed by atoms with E-state index in [4.69, 9.17) is 4.74 Å². The molecule has 0 radical (unpaired) electrons. The Bertz CT molecular complexity index is 757. The predicted octanol–water partition coefficient (Wildman–Crippen LogP) is 3.62. The Kier molecular flexibility index (Phi) is 5.01. The van der Waals surface area contributed by atoms with Crippen molar-refractivity contribution < 1.29 is 9.53 Å². The van der Waals surface area contributed by atoms with Gasteiger partial charge >= 0.3 is 0 Å². The average molecular weight is 324 g/mol. The normalized spacial score (nSPS) is 10.3. The Morgan fingerprint density at radius 2 is 1.83 bits per heavy atom. The van der Waals surface area contributed by atoms with Gasteiger partial charge in [-0.2, -0.15) is 0 Å². The molecule has 5 heteroatoms. The minimum absolute atomic E-state index is 0.0769. The van der Waals surface area contributed by atoms with E-state index in [1.807, 2.05) is 54.6 Å². The molecule has 0 saturated heterocycles. The van der Waals surface area contributed by atoms with Crippen LogP contribution in [-0.2, 0) is 0 Å². The van der Waals surface area contributed by atoms with Gasteiger partial charge in [-0.3, -0.25) is 9.78 Å². The highest BCUT2D eigenvalue weighted by Crippen LogP contribution is 2.27. The number of thiophene rings is 1. The van der Waals surface area contributed by atoms with Crippen molar-refractivity contribution in [1.29, 1.82) is 0 Å².